The summed E-state index contributed by atoms with van der Waals surface area (Å²) in [5.74, 6) is -1.25. The van der Waals surface area contributed by atoms with Gasteiger partial charge in [0.2, 0.25) is 0 Å². The van der Waals surface area contributed by atoms with Gasteiger partial charge >= 0.3 is 23.9 Å². The average Bonchev–Trinajstić information content (AvgIpc) is 0.852. The molecule has 708 valence electrons. The third-order valence-corrected chi connectivity index (χ3v) is 26.6. The van der Waals surface area contributed by atoms with E-state index in [0.717, 1.165) is 77.0 Å². The second kappa shape index (κ2) is 103. The molecule has 0 aliphatic heterocycles. The highest BCUT2D eigenvalue weighted by atomic mass is 16.6. The predicted molar refractivity (Wildman–Crippen MR) is 521 cm³/mol. The van der Waals surface area contributed by atoms with Crippen LogP contribution in [0.2, 0.25) is 0 Å². The maximum Gasteiger partial charge on any atom is 0.305 e. The molecule has 0 bridgehead atoms. The monoisotopic (exact) mass is 1680 g/mol. The van der Waals surface area contributed by atoms with Gasteiger partial charge in [-0.05, 0) is 25.7 Å². The van der Waals surface area contributed by atoms with Gasteiger partial charge in [-0.25, -0.2) is 0 Å². The minimum atomic E-state index is -1.21. The Labute approximate surface area is 746 Å². The van der Waals surface area contributed by atoms with Crippen LogP contribution in [0.1, 0.15) is 657 Å². The zero-order valence-corrected chi connectivity index (χ0v) is 81.9. The summed E-state index contributed by atoms with van der Waals surface area (Å²) in [4.78, 5) is 54.6. The van der Waals surface area contributed by atoms with E-state index in [-0.39, 0.29) is 50.3 Å². The summed E-state index contributed by atoms with van der Waals surface area (Å²) >= 11 is 0. The maximum absolute atomic E-state index is 13.6. The van der Waals surface area contributed by atoms with Crippen molar-refractivity contribution in [1.29, 1.82) is 0 Å². The minimum absolute atomic E-state index is 0.155. The molecule has 0 N–H and O–H groups in total. The Morgan fingerprint density at radius 2 is 0.202 bits per heavy atom. The van der Waals surface area contributed by atoms with Crippen molar-refractivity contribution in [2.24, 2.45) is 5.41 Å². The van der Waals surface area contributed by atoms with Gasteiger partial charge in [0.1, 0.15) is 31.8 Å². The third-order valence-electron chi connectivity index (χ3n) is 26.6. The molecule has 0 aromatic heterocycles. The van der Waals surface area contributed by atoms with Crippen molar-refractivity contribution >= 4 is 23.9 Å². The Hall–Kier alpha value is -2.12. The van der Waals surface area contributed by atoms with Gasteiger partial charge in [-0.15, -0.1) is 0 Å². The third kappa shape index (κ3) is 97.9. The number of hydrogen-bond donors (Lipinski definition) is 0. The second-order valence-corrected chi connectivity index (χ2v) is 39.0. The molecule has 8 nitrogen and oxygen atoms in total. The standard InChI is InChI=1S/C111H216O8/c1-5-9-13-17-21-25-29-33-37-41-45-48-51-54-57-60-64-68-72-76-80-84-88-92-96-100-108(113)117-104-111(103-116-107(112)99-95-91-87-83-79-75-71-67-63-44-40-36-32-28-24-20-16-12-8-4,105-118-109(114)101-97-93-89-85-81-77-73-69-65-61-58-55-52-49-46-42-38-34-30-26-22-18-14-10-6-2)106-119-110(115)102-98-94-90-86-82-78-74-70-66-62-59-56-53-50-47-43-39-35-31-27-23-19-15-11-7-3/h5-106H2,1-4H3. The van der Waals surface area contributed by atoms with E-state index >= 15 is 0 Å². The average molecular weight is 1680 g/mol. The van der Waals surface area contributed by atoms with E-state index in [9.17, 15) is 19.2 Å². The summed E-state index contributed by atoms with van der Waals surface area (Å²) in [7, 11) is 0. The first-order valence-corrected chi connectivity index (χ1v) is 55.4. The molecule has 0 spiro atoms. The molecular formula is C111H216O8. The van der Waals surface area contributed by atoms with Crippen LogP contribution in [0, 0.1) is 5.41 Å². The van der Waals surface area contributed by atoms with E-state index in [4.69, 9.17) is 18.9 Å². The van der Waals surface area contributed by atoms with Gasteiger partial charge in [-0.2, -0.15) is 0 Å². The normalized spacial score (nSPS) is 11.7. The molecule has 0 aromatic rings. The van der Waals surface area contributed by atoms with Crippen LogP contribution in [0.4, 0.5) is 0 Å². The number of esters is 4. The van der Waals surface area contributed by atoms with Crippen LogP contribution < -0.4 is 0 Å². The van der Waals surface area contributed by atoms with E-state index in [1.807, 2.05) is 0 Å². The summed E-state index contributed by atoms with van der Waals surface area (Å²) in [6, 6.07) is 0. The molecule has 0 unspecified atom stereocenters. The van der Waals surface area contributed by atoms with E-state index in [1.165, 1.54) is 527 Å². The zero-order valence-electron chi connectivity index (χ0n) is 81.9. The largest absolute Gasteiger partial charge is 0.465 e. The Morgan fingerprint density at radius 3 is 0.286 bits per heavy atom. The number of carbonyl (C=O) groups is 4. The number of unbranched alkanes of at least 4 members (excludes halogenated alkanes) is 90. The number of rotatable bonds is 106. The van der Waals surface area contributed by atoms with Gasteiger partial charge in [0.15, 0.2) is 0 Å². The Balaban J connectivity index is 5.32. The molecule has 0 aliphatic carbocycles. The van der Waals surface area contributed by atoms with E-state index < -0.39 is 5.41 Å². The van der Waals surface area contributed by atoms with Crippen LogP contribution in [0.3, 0.4) is 0 Å². The van der Waals surface area contributed by atoms with Gasteiger partial charge < -0.3 is 18.9 Å². The van der Waals surface area contributed by atoms with Gasteiger partial charge in [-0.3, -0.25) is 19.2 Å². The molecule has 0 saturated carbocycles. The maximum atomic E-state index is 13.6. The van der Waals surface area contributed by atoms with Crippen molar-refractivity contribution in [2.45, 2.75) is 657 Å². The molecule has 0 saturated heterocycles. The first kappa shape index (κ1) is 117. The molecule has 119 heavy (non-hydrogen) atoms. The number of hydrogen-bond acceptors (Lipinski definition) is 8. The van der Waals surface area contributed by atoms with Crippen LogP contribution in [0.15, 0.2) is 0 Å². The molecule has 0 atom stereocenters. The van der Waals surface area contributed by atoms with E-state index in [2.05, 4.69) is 27.7 Å². The Kier molecular flexibility index (Phi) is 101. The summed E-state index contributed by atoms with van der Waals surface area (Å²) in [6.45, 7) is 8.58. The predicted octanol–water partition coefficient (Wildman–Crippen LogP) is 38.5. The molecule has 0 heterocycles. The Bertz CT molecular complexity index is 1780. The van der Waals surface area contributed by atoms with Crippen LogP contribution in [0.25, 0.3) is 0 Å². The number of carbonyl (C=O) groups excluding carboxylic acids is 4. The topological polar surface area (TPSA) is 105 Å². The van der Waals surface area contributed by atoms with Crippen molar-refractivity contribution in [2.75, 3.05) is 26.4 Å². The fourth-order valence-corrected chi connectivity index (χ4v) is 18.0. The molecule has 0 radical (unpaired) electrons. The molecule has 0 rings (SSSR count). The van der Waals surface area contributed by atoms with Gasteiger partial charge in [0.05, 0.1) is 0 Å². The van der Waals surface area contributed by atoms with E-state index in [0.29, 0.717) is 25.7 Å². The van der Waals surface area contributed by atoms with Crippen molar-refractivity contribution in [1.82, 2.24) is 0 Å². The van der Waals surface area contributed by atoms with Crippen molar-refractivity contribution < 1.29 is 38.1 Å². The highest BCUT2D eigenvalue weighted by Gasteiger charge is 2.38. The summed E-state index contributed by atoms with van der Waals surface area (Å²) in [5, 5.41) is 0. The lowest BCUT2D eigenvalue weighted by atomic mass is 9.92. The lowest BCUT2D eigenvalue weighted by Crippen LogP contribution is -2.44. The van der Waals surface area contributed by atoms with Crippen molar-refractivity contribution in [3.63, 3.8) is 0 Å². The van der Waals surface area contributed by atoms with Gasteiger partial charge in [0.25, 0.3) is 0 Å². The highest BCUT2D eigenvalue weighted by molar-refractivity contribution is 5.71. The van der Waals surface area contributed by atoms with Crippen molar-refractivity contribution in [3.05, 3.63) is 0 Å². The van der Waals surface area contributed by atoms with Gasteiger partial charge in [-0.1, -0.05) is 606 Å². The zero-order chi connectivity index (χ0) is 85.8. The fourth-order valence-electron chi connectivity index (χ4n) is 18.0. The van der Waals surface area contributed by atoms with E-state index in [1.54, 1.807) is 0 Å². The molecule has 0 amide bonds. The minimum Gasteiger partial charge on any atom is -0.465 e. The van der Waals surface area contributed by atoms with Crippen LogP contribution >= 0.6 is 0 Å². The van der Waals surface area contributed by atoms with Crippen LogP contribution in [-0.4, -0.2) is 50.3 Å². The molecular weight excluding hydrogens is 1460 g/mol. The summed E-state index contributed by atoms with van der Waals surface area (Å²) < 4.78 is 24.3. The lowest BCUT2D eigenvalue weighted by Gasteiger charge is -2.31. The molecule has 8 heteroatoms. The highest BCUT2D eigenvalue weighted by Crippen LogP contribution is 2.27. The molecule has 0 fully saturated rings. The quantitative estimate of drug-likeness (QED) is 0.0337. The first-order valence-electron chi connectivity index (χ1n) is 55.4. The molecule has 0 aromatic carbocycles. The van der Waals surface area contributed by atoms with Gasteiger partial charge in [0, 0.05) is 25.7 Å². The summed E-state index contributed by atoms with van der Waals surface area (Å²) in [5.41, 5.74) is -1.21. The van der Waals surface area contributed by atoms with Crippen LogP contribution in [-0.2, 0) is 38.1 Å². The number of ether oxygens (including phenoxy) is 4. The summed E-state index contributed by atoms with van der Waals surface area (Å²) in [6.07, 6.45) is 126. The second-order valence-electron chi connectivity index (χ2n) is 39.0. The first-order chi connectivity index (χ1) is 58.8. The smallest absolute Gasteiger partial charge is 0.305 e. The Morgan fingerprint density at radius 1 is 0.126 bits per heavy atom. The SMILES string of the molecule is CCCCCCCCCCCCCCCCCCCCCCCCCCCC(=O)OCC(COC(=O)CCCCCCCCCCCCCCCCCCCCC)(COC(=O)CCCCCCCCCCCCCCCCCCCCCCCCCCC)COC(=O)CCCCCCCCCCCCCCCCCCCCCCCCCCC. The fraction of sp³-hybridized carbons (Fsp3) is 0.964. The van der Waals surface area contributed by atoms with Crippen molar-refractivity contribution in [3.8, 4) is 0 Å². The van der Waals surface area contributed by atoms with Crippen LogP contribution in [0.5, 0.6) is 0 Å². The molecule has 0 aliphatic rings. The lowest BCUT2D eigenvalue weighted by molar-refractivity contribution is -0.170.